The first-order valence-electron chi connectivity index (χ1n) is 11.5. The number of alkyl halides is 3. The van der Waals surface area contributed by atoms with Crippen molar-refractivity contribution in [1.29, 1.82) is 5.26 Å². The zero-order valence-corrected chi connectivity index (χ0v) is 20.0. The van der Waals surface area contributed by atoms with Crippen LogP contribution in [0.4, 0.5) is 19.0 Å². The Kier molecular flexibility index (Phi) is 6.56. The Labute approximate surface area is 201 Å². The second-order valence-electron chi connectivity index (χ2n) is 9.01. The molecule has 10 heteroatoms. The number of nitriles is 1. The lowest BCUT2D eigenvalue weighted by Crippen LogP contribution is -2.58. The summed E-state index contributed by atoms with van der Waals surface area (Å²) in [5, 5.41) is 9.34. The number of nitrogens with zero attached hydrogens (tertiary/aromatic N) is 6. The maximum atomic E-state index is 13.0. The summed E-state index contributed by atoms with van der Waals surface area (Å²) in [6.45, 7) is 7.28. The zero-order valence-electron chi connectivity index (χ0n) is 20.0. The number of piperazine rings is 1. The van der Waals surface area contributed by atoms with Gasteiger partial charge in [0.25, 0.3) is 0 Å². The first-order chi connectivity index (χ1) is 16.5. The molecule has 4 rings (SSSR count). The van der Waals surface area contributed by atoms with E-state index in [9.17, 15) is 23.2 Å². The van der Waals surface area contributed by atoms with Crippen LogP contribution in [0.15, 0.2) is 41.2 Å². The SMILES string of the molecule is CC[C@@H]1CN(c2nc(=O)n(C)c3ccc(C#N)nc23)[C@@H](C)CN1[C@H](C)c1ccc(C(F)(F)F)cc1. The van der Waals surface area contributed by atoms with Crippen molar-refractivity contribution in [2.24, 2.45) is 7.05 Å². The monoisotopic (exact) mass is 484 g/mol. The van der Waals surface area contributed by atoms with Gasteiger partial charge in [0.1, 0.15) is 17.3 Å². The molecule has 0 spiro atoms. The first kappa shape index (κ1) is 24.7. The van der Waals surface area contributed by atoms with Gasteiger partial charge in [0.2, 0.25) is 0 Å². The quantitative estimate of drug-likeness (QED) is 0.551. The average Bonchev–Trinajstić information content (AvgIpc) is 2.85. The summed E-state index contributed by atoms with van der Waals surface area (Å²) in [5.74, 6) is 0.452. The fourth-order valence-corrected chi connectivity index (χ4v) is 4.81. The Morgan fingerprint density at radius 2 is 1.83 bits per heavy atom. The van der Waals surface area contributed by atoms with Crippen molar-refractivity contribution < 1.29 is 13.2 Å². The zero-order chi connectivity index (χ0) is 25.5. The minimum atomic E-state index is -4.37. The van der Waals surface area contributed by atoms with Crippen LogP contribution in [-0.4, -0.2) is 44.6 Å². The van der Waals surface area contributed by atoms with Crippen molar-refractivity contribution in [3.8, 4) is 6.07 Å². The predicted octanol–water partition coefficient (Wildman–Crippen LogP) is 4.27. The Morgan fingerprint density at radius 3 is 2.43 bits per heavy atom. The van der Waals surface area contributed by atoms with E-state index in [1.54, 1.807) is 31.3 Å². The number of hydrogen-bond acceptors (Lipinski definition) is 6. The van der Waals surface area contributed by atoms with Gasteiger partial charge in [0.05, 0.1) is 11.1 Å². The minimum Gasteiger partial charge on any atom is -0.349 e. The molecule has 0 bridgehead atoms. The molecule has 3 aromatic rings. The molecule has 1 aliphatic heterocycles. The molecule has 0 saturated carbocycles. The van der Waals surface area contributed by atoms with Gasteiger partial charge in [0, 0.05) is 38.3 Å². The number of aromatic nitrogens is 3. The van der Waals surface area contributed by atoms with E-state index in [1.165, 1.54) is 4.57 Å². The van der Waals surface area contributed by atoms with Crippen molar-refractivity contribution in [2.45, 2.75) is 51.5 Å². The van der Waals surface area contributed by atoms with Crippen LogP contribution < -0.4 is 10.6 Å². The van der Waals surface area contributed by atoms with E-state index in [-0.39, 0.29) is 23.8 Å². The van der Waals surface area contributed by atoms with Crippen molar-refractivity contribution >= 4 is 16.9 Å². The smallest absolute Gasteiger partial charge is 0.349 e. The molecule has 3 atom stereocenters. The summed E-state index contributed by atoms with van der Waals surface area (Å²) in [6, 6.07) is 10.6. The van der Waals surface area contributed by atoms with E-state index in [1.807, 2.05) is 19.9 Å². The van der Waals surface area contributed by atoms with Crippen molar-refractivity contribution in [3.05, 3.63) is 63.7 Å². The number of rotatable bonds is 4. The Balaban J connectivity index is 1.67. The van der Waals surface area contributed by atoms with Crippen LogP contribution in [0.3, 0.4) is 0 Å². The van der Waals surface area contributed by atoms with Gasteiger partial charge in [-0.1, -0.05) is 19.1 Å². The van der Waals surface area contributed by atoms with Gasteiger partial charge in [-0.25, -0.2) is 9.78 Å². The van der Waals surface area contributed by atoms with E-state index >= 15 is 0 Å². The third-order valence-electron chi connectivity index (χ3n) is 6.89. The summed E-state index contributed by atoms with van der Waals surface area (Å²) in [7, 11) is 1.62. The standard InChI is InChI=1S/C25H27F3N6O/c1-5-20-14-33(23-22-21(32(4)24(35)31-23)11-10-19(12-29)30-22)15(2)13-34(20)16(3)17-6-8-18(9-7-17)25(26,27)28/h6-11,15-16,20H,5,13-14H2,1-4H3/t15-,16+,20+/m0/s1. The molecule has 184 valence electrons. The summed E-state index contributed by atoms with van der Waals surface area (Å²) in [6.07, 6.45) is -3.57. The minimum absolute atomic E-state index is 0.0509. The first-order valence-corrected chi connectivity index (χ1v) is 11.5. The Bertz CT molecular complexity index is 1330. The number of benzene rings is 1. The van der Waals surface area contributed by atoms with Gasteiger partial charge in [-0.15, -0.1) is 0 Å². The van der Waals surface area contributed by atoms with Gasteiger partial charge in [-0.05, 0) is 50.1 Å². The molecule has 1 saturated heterocycles. The molecule has 0 unspecified atom stereocenters. The van der Waals surface area contributed by atoms with E-state index in [4.69, 9.17) is 0 Å². The van der Waals surface area contributed by atoms with Gasteiger partial charge >= 0.3 is 11.9 Å². The van der Waals surface area contributed by atoms with Crippen LogP contribution in [0.2, 0.25) is 0 Å². The second kappa shape index (κ2) is 9.30. The largest absolute Gasteiger partial charge is 0.416 e. The second-order valence-corrected chi connectivity index (χ2v) is 9.01. The van der Waals surface area contributed by atoms with Crippen LogP contribution in [-0.2, 0) is 13.2 Å². The molecule has 1 aliphatic rings. The molecule has 7 nitrogen and oxygen atoms in total. The van der Waals surface area contributed by atoms with Crippen molar-refractivity contribution in [2.75, 3.05) is 18.0 Å². The normalized spacial score (nSPS) is 20.1. The molecular formula is C25H27F3N6O. The molecular weight excluding hydrogens is 457 g/mol. The summed E-state index contributed by atoms with van der Waals surface area (Å²) in [5.41, 5.74) is 1.09. The van der Waals surface area contributed by atoms with Gasteiger partial charge in [-0.2, -0.15) is 23.4 Å². The van der Waals surface area contributed by atoms with E-state index in [0.717, 1.165) is 24.1 Å². The highest BCUT2D eigenvalue weighted by Crippen LogP contribution is 2.34. The number of fused-ring (bicyclic) bond motifs is 1. The van der Waals surface area contributed by atoms with E-state index < -0.39 is 17.4 Å². The highest BCUT2D eigenvalue weighted by molar-refractivity contribution is 5.86. The van der Waals surface area contributed by atoms with Crippen molar-refractivity contribution in [1.82, 2.24) is 19.4 Å². The fourth-order valence-electron chi connectivity index (χ4n) is 4.81. The number of anilines is 1. The lowest BCUT2D eigenvalue weighted by Gasteiger charge is -2.48. The van der Waals surface area contributed by atoms with Gasteiger partial charge < -0.3 is 4.90 Å². The number of hydrogen-bond donors (Lipinski definition) is 0. The van der Waals surface area contributed by atoms with Gasteiger partial charge in [0.15, 0.2) is 5.82 Å². The maximum absolute atomic E-state index is 13.0. The number of aryl methyl sites for hydroxylation is 1. The topological polar surface area (TPSA) is 78.0 Å². The Morgan fingerprint density at radius 1 is 1.14 bits per heavy atom. The molecule has 1 aromatic carbocycles. The van der Waals surface area contributed by atoms with Crippen LogP contribution in [0, 0.1) is 11.3 Å². The lowest BCUT2D eigenvalue weighted by molar-refractivity contribution is -0.137. The van der Waals surface area contributed by atoms with Gasteiger partial charge in [-0.3, -0.25) is 9.47 Å². The molecule has 1 fully saturated rings. The lowest BCUT2D eigenvalue weighted by atomic mass is 9.98. The van der Waals surface area contributed by atoms with Crippen molar-refractivity contribution in [3.63, 3.8) is 0 Å². The third kappa shape index (κ3) is 4.60. The van der Waals surface area contributed by atoms with Crippen LogP contribution >= 0.6 is 0 Å². The predicted molar refractivity (Wildman–Crippen MR) is 127 cm³/mol. The summed E-state index contributed by atoms with van der Waals surface area (Å²) < 4.78 is 40.4. The molecule has 2 aromatic heterocycles. The van der Waals surface area contributed by atoms with Crippen LogP contribution in [0.5, 0.6) is 0 Å². The number of halogens is 3. The Hall–Kier alpha value is -3.45. The maximum Gasteiger partial charge on any atom is 0.416 e. The molecule has 0 amide bonds. The van der Waals surface area contributed by atoms with E-state index in [2.05, 4.69) is 26.7 Å². The summed E-state index contributed by atoms with van der Waals surface area (Å²) >= 11 is 0. The molecule has 35 heavy (non-hydrogen) atoms. The van der Waals surface area contributed by atoms with Crippen LogP contribution in [0.25, 0.3) is 11.0 Å². The molecule has 0 radical (unpaired) electrons. The fraction of sp³-hybridized carbons (Fsp3) is 0.440. The average molecular weight is 485 g/mol. The highest BCUT2D eigenvalue weighted by atomic mass is 19.4. The molecule has 3 heterocycles. The van der Waals surface area contributed by atoms with E-state index in [0.29, 0.717) is 29.9 Å². The summed E-state index contributed by atoms with van der Waals surface area (Å²) in [4.78, 5) is 25.7. The molecule has 0 aliphatic carbocycles. The molecule has 0 N–H and O–H groups in total. The highest BCUT2D eigenvalue weighted by Gasteiger charge is 2.36. The third-order valence-corrected chi connectivity index (χ3v) is 6.89. The number of pyridine rings is 1. The van der Waals surface area contributed by atoms with Crippen LogP contribution in [0.1, 0.15) is 50.1 Å².